The minimum absolute atomic E-state index is 1.17. The van der Waals surface area contributed by atoms with Gasteiger partial charge in [-0.25, -0.2) is 0 Å². The highest BCUT2D eigenvalue weighted by molar-refractivity contribution is 6.15. The van der Waals surface area contributed by atoms with Crippen LogP contribution in [0.4, 0.5) is 0 Å². The highest BCUT2D eigenvalue weighted by atomic mass is 15.0. The van der Waals surface area contributed by atoms with Gasteiger partial charge < -0.3 is 18.3 Å². The molecule has 4 aromatic heterocycles. The van der Waals surface area contributed by atoms with Crippen LogP contribution in [-0.2, 0) is 0 Å². The summed E-state index contributed by atoms with van der Waals surface area (Å²) in [6.07, 6.45) is 0. The zero-order valence-corrected chi connectivity index (χ0v) is 54.7. The van der Waals surface area contributed by atoms with Gasteiger partial charge in [0.25, 0.3) is 0 Å². The van der Waals surface area contributed by atoms with Crippen LogP contribution in [0.5, 0.6) is 0 Å². The van der Waals surface area contributed by atoms with Crippen molar-refractivity contribution in [2.45, 2.75) is 0 Å². The van der Waals surface area contributed by atoms with Gasteiger partial charge in [-0.1, -0.05) is 261 Å². The van der Waals surface area contributed by atoms with Gasteiger partial charge in [0.1, 0.15) is 0 Å². The van der Waals surface area contributed by atoms with E-state index in [0.29, 0.717) is 0 Å². The molecule has 16 aromatic carbocycles. The highest BCUT2D eigenvalue weighted by Gasteiger charge is 2.20. The number of aromatic nitrogens is 4. The fourth-order valence-electron chi connectivity index (χ4n) is 15.5. The molecule has 4 nitrogen and oxygen atoms in total. The summed E-state index contributed by atoms with van der Waals surface area (Å²) in [7, 11) is 0. The van der Waals surface area contributed by atoms with Crippen molar-refractivity contribution in [3.8, 4) is 89.5 Å². The van der Waals surface area contributed by atoms with E-state index in [4.69, 9.17) is 0 Å². The van der Waals surface area contributed by atoms with E-state index in [1.54, 1.807) is 0 Å². The van der Waals surface area contributed by atoms with Gasteiger partial charge in [-0.3, -0.25) is 0 Å². The van der Waals surface area contributed by atoms with Crippen molar-refractivity contribution in [3.05, 3.63) is 388 Å². The molecule has 0 aliphatic heterocycles. The van der Waals surface area contributed by atoms with E-state index in [2.05, 4.69) is 407 Å². The van der Waals surface area contributed by atoms with Gasteiger partial charge in [-0.15, -0.1) is 0 Å². The molecule has 100 heavy (non-hydrogen) atoms. The van der Waals surface area contributed by atoms with Crippen molar-refractivity contribution in [1.82, 2.24) is 18.3 Å². The molecule has 4 heterocycles. The van der Waals surface area contributed by atoms with Crippen molar-refractivity contribution in [1.29, 1.82) is 0 Å². The first-order valence-electron chi connectivity index (χ1n) is 34.4. The Morgan fingerprint density at radius 1 is 0.110 bits per heavy atom. The number of hydrogen-bond donors (Lipinski definition) is 0. The SMILES string of the molecule is c1ccc(-c2ccc3c(c2)c2cc(-c4ccc(-c5ccc6c(c5)c5ccccc5n6-c5ccccc5)cc4)ccc2n3-c2ccccc2)cc1.c1ccc(-c2ccc3c4cc(-c5ccc(-c6ccc7c(c6)c6ccccc6n7-c6ccccc6)cc5)ccc4n(-c4ccccc4)c3c2)cc1. The fourth-order valence-corrected chi connectivity index (χ4v) is 15.5. The molecule has 0 aliphatic carbocycles. The molecular weight excluding hydrogens is 1210 g/mol. The number of nitrogens with zero attached hydrogens (tertiary/aromatic N) is 4. The lowest BCUT2D eigenvalue weighted by atomic mass is 9.97. The van der Waals surface area contributed by atoms with Gasteiger partial charge in [-0.05, 0) is 194 Å². The van der Waals surface area contributed by atoms with Crippen molar-refractivity contribution >= 4 is 87.2 Å². The molecule has 0 bridgehead atoms. The summed E-state index contributed by atoms with van der Waals surface area (Å²) in [6, 6.07) is 141. The second-order valence-corrected chi connectivity index (χ2v) is 26.0. The number of fused-ring (bicyclic) bond motifs is 12. The summed E-state index contributed by atoms with van der Waals surface area (Å²) in [5.74, 6) is 0. The Kier molecular flexibility index (Phi) is 14.2. The number of hydrogen-bond acceptors (Lipinski definition) is 0. The quantitative estimate of drug-likeness (QED) is 0.130. The molecule has 0 spiro atoms. The zero-order chi connectivity index (χ0) is 66.0. The lowest BCUT2D eigenvalue weighted by molar-refractivity contribution is 1.18. The number of para-hydroxylation sites is 6. The molecule has 0 N–H and O–H groups in total. The van der Waals surface area contributed by atoms with Crippen LogP contribution in [0.15, 0.2) is 388 Å². The third kappa shape index (κ3) is 10.1. The van der Waals surface area contributed by atoms with E-state index in [0.717, 1.165) is 0 Å². The van der Waals surface area contributed by atoms with E-state index in [9.17, 15) is 0 Å². The largest absolute Gasteiger partial charge is 0.309 e. The van der Waals surface area contributed by atoms with Gasteiger partial charge in [-0.2, -0.15) is 0 Å². The normalized spacial score (nSPS) is 11.6. The molecule has 20 aromatic rings. The van der Waals surface area contributed by atoms with E-state index >= 15 is 0 Å². The van der Waals surface area contributed by atoms with E-state index < -0.39 is 0 Å². The first-order valence-corrected chi connectivity index (χ1v) is 34.4. The number of rotatable bonds is 10. The lowest BCUT2D eigenvalue weighted by Crippen LogP contribution is -1.93. The van der Waals surface area contributed by atoms with Gasteiger partial charge in [0.15, 0.2) is 0 Å². The topological polar surface area (TPSA) is 19.7 Å². The molecule has 0 saturated carbocycles. The van der Waals surface area contributed by atoms with Gasteiger partial charge >= 0.3 is 0 Å². The van der Waals surface area contributed by atoms with Crippen molar-refractivity contribution in [2.24, 2.45) is 0 Å². The predicted molar refractivity (Wildman–Crippen MR) is 423 cm³/mol. The summed E-state index contributed by atoms with van der Waals surface area (Å²) in [4.78, 5) is 0. The minimum Gasteiger partial charge on any atom is -0.309 e. The van der Waals surface area contributed by atoms with Crippen molar-refractivity contribution in [2.75, 3.05) is 0 Å². The molecule has 0 radical (unpaired) electrons. The van der Waals surface area contributed by atoms with Crippen LogP contribution in [-0.4, -0.2) is 18.3 Å². The standard InChI is InChI=1S/2C48H32N2/c1-4-12-33(13-5-1)36-24-28-47-43(31-36)44-32-38(26-29-48(44)50(47)40-16-8-3-9-17-40)35-22-20-34(21-23-35)37-25-27-46-42(30-37)41-18-10-11-19-45(41)49(46)39-14-6-2-7-15-39;1-4-12-33(13-5-1)38-24-27-42-44-31-37(26-29-47(44)50(48(42)32-38)40-16-8-3-9-17-40)35-22-20-34(21-23-35)36-25-28-46-43(30-36)41-18-10-11-19-45(41)49(46)39-14-6-2-7-15-39/h2*1-32H. The van der Waals surface area contributed by atoms with Crippen molar-refractivity contribution < 1.29 is 0 Å². The first-order chi connectivity index (χ1) is 49.6. The molecule has 0 unspecified atom stereocenters. The van der Waals surface area contributed by atoms with Crippen LogP contribution >= 0.6 is 0 Å². The maximum atomic E-state index is 2.40. The highest BCUT2D eigenvalue weighted by Crippen LogP contribution is 2.42. The molecule has 0 saturated heterocycles. The maximum absolute atomic E-state index is 2.40. The van der Waals surface area contributed by atoms with Crippen LogP contribution in [0, 0.1) is 0 Å². The summed E-state index contributed by atoms with van der Waals surface area (Å²) < 4.78 is 9.52. The summed E-state index contributed by atoms with van der Waals surface area (Å²) >= 11 is 0. The predicted octanol–water partition coefficient (Wildman–Crippen LogP) is 25.8. The van der Waals surface area contributed by atoms with Crippen LogP contribution in [0.2, 0.25) is 0 Å². The molecule has 468 valence electrons. The van der Waals surface area contributed by atoms with E-state index in [-0.39, 0.29) is 0 Å². The molecule has 0 atom stereocenters. The fraction of sp³-hybridized carbons (Fsp3) is 0. The van der Waals surface area contributed by atoms with E-state index in [1.807, 2.05) is 0 Å². The Bertz CT molecular complexity index is 6440. The third-order valence-electron chi connectivity index (χ3n) is 20.3. The lowest BCUT2D eigenvalue weighted by Gasteiger charge is -2.10. The molecule has 0 fully saturated rings. The Hall–Kier alpha value is -13.3. The second kappa shape index (κ2) is 24.4. The zero-order valence-electron chi connectivity index (χ0n) is 54.7. The first kappa shape index (κ1) is 58.1. The molecular formula is C96H64N4. The third-order valence-corrected chi connectivity index (χ3v) is 20.3. The molecule has 20 rings (SSSR count). The smallest absolute Gasteiger partial charge is 0.0547 e. The van der Waals surface area contributed by atoms with E-state index in [1.165, 1.54) is 177 Å². The average molecular weight is 1270 g/mol. The Morgan fingerprint density at radius 3 is 0.600 bits per heavy atom. The molecule has 0 amide bonds. The maximum Gasteiger partial charge on any atom is 0.0547 e. The van der Waals surface area contributed by atoms with Gasteiger partial charge in [0.2, 0.25) is 0 Å². The molecule has 0 aliphatic rings. The monoisotopic (exact) mass is 1270 g/mol. The van der Waals surface area contributed by atoms with Crippen LogP contribution < -0.4 is 0 Å². The summed E-state index contributed by atoms with van der Waals surface area (Å²) in [5, 5.41) is 10.1. The van der Waals surface area contributed by atoms with Crippen LogP contribution in [0.3, 0.4) is 0 Å². The number of benzene rings is 16. The average Bonchev–Trinajstić information content (AvgIpc) is 1.61. The summed E-state index contributed by atoms with van der Waals surface area (Å²) in [6.45, 7) is 0. The minimum atomic E-state index is 1.17. The van der Waals surface area contributed by atoms with Crippen molar-refractivity contribution in [3.63, 3.8) is 0 Å². The second-order valence-electron chi connectivity index (χ2n) is 26.0. The Balaban J connectivity index is 0.000000139. The van der Waals surface area contributed by atoms with Gasteiger partial charge in [0.05, 0.1) is 44.1 Å². The molecule has 4 heteroatoms. The van der Waals surface area contributed by atoms with Gasteiger partial charge in [0, 0.05) is 65.8 Å². The van der Waals surface area contributed by atoms with Crippen LogP contribution in [0.25, 0.3) is 177 Å². The van der Waals surface area contributed by atoms with Crippen LogP contribution in [0.1, 0.15) is 0 Å². The Labute approximate surface area is 579 Å². The summed E-state index contributed by atoms with van der Waals surface area (Å²) in [5.41, 5.74) is 29.0. The Morgan fingerprint density at radius 2 is 0.300 bits per heavy atom.